The van der Waals surface area contributed by atoms with E-state index in [-0.39, 0.29) is 11.8 Å². The van der Waals surface area contributed by atoms with Crippen molar-refractivity contribution in [1.82, 2.24) is 20.2 Å². The molecular formula is C21H21N5O3. The van der Waals surface area contributed by atoms with E-state index < -0.39 is 0 Å². The third kappa shape index (κ3) is 4.43. The van der Waals surface area contributed by atoms with Crippen molar-refractivity contribution in [3.05, 3.63) is 78.1 Å². The van der Waals surface area contributed by atoms with Crippen LogP contribution in [-0.4, -0.2) is 52.9 Å². The number of anilines is 1. The first kappa shape index (κ1) is 18.7. The second-order valence-corrected chi connectivity index (χ2v) is 6.70. The number of carbonyl (C=O) groups is 2. The lowest BCUT2D eigenvalue weighted by Crippen LogP contribution is -2.49. The van der Waals surface area contributed by atoms with Crippen LogP contribution in [0.15, 0.2) is 65.7 Å². The van der Waals surface area contributed by atoms with Crippen molar-refractivity contribution in [2.24, 2.45) is 0 Å². The molecule has 0 unspecified atom stereocenters. The predicted octanol–water partition coefficient (Wildman–Crippen LogP) is 1.96. The highest BCUT2D eigenvalue weighted by Gasteiger charge is 2.24. The molecule has 3 aromatic rings. The second kappa shape index (κ2) is 8.55. The van der Waals surface area contributed by atoms with Gasteiger partial charge in [0.25, 0.3) is 11.8 Å². The normalized spacial score (nSPS) is 13.9. The number of piperazine rings is 1. The summed E-state index contributed by atoms with van der Waals surface area (Å²) in [5.41, 5.74) is 1.49. The van der Waals surface area contributed by atoms with Crippen LogP contribution in [0.2, 0.25) is 0 Å². The molecule has 2 amide bonds. The maximum absolute atomic E-state index is 12.3. The van der Waals surface area contributed by atoms with E-state index in [1.807, 2.05) is 18.2 Å². The number of nitrogens with zero attached hydrogens (tertiary/aromatic N) is 4. The maximum Gasteiger partial charge on any atom is 0.289 e. The topological polar surface area (TPSA) is 91.6 Å². The Balaban J connectivity index is 1.30. The summed E-state index contributed by atoms with van der Waals surface area (Å²) in [7, 11) is 0. The number of pyridine rings is 2. The lowest BCUT2D eigenvalue weighted by Gasteiger charge is -2.35. The molecule has 1 saturated heterocycles. The molecule has 148 valence electrons. The molecule has 0 aliphatic carbocycles. The van der Waals surface area contributed by atoms with Crippen molar-refractivity contribution in [1.29, 1.82) is 0 Å². The molecule has 0 bridgehead atoms. The van der Waals surface area contributed by atoms with Gasteiger partial charge in [0.1, 0.15) is 5.82 Å². The molecular weight excluding hydrogens is 370 g/mol. The van der Waals surface area contributed by atoms with E-state index in [1.54, 1.807) is 41.7 Å². The number of furan rings is 1. The van der Waals surface area contributed by atoms with Crippen LogP contribution >= 0.6 is 0 Å². The minimum Gasteiger partial charge on any atom is -0.459 e. The van der Waals surface area contributed by atoms with Crippen molar-refractivity contribution in [2.75, 3.05) is 31.1 Å². The molecule has 0 spiro atoms. The summed E-state index contributed by atoms with van der Waals surface area (Å²) < 4.78 is 5.19. The number of nitrogens with one attached hydrogen (secondary N) is 1. The molecule has 0 radical (unpaired) electrons. The summed E-state index contributed by atoms with van der Waals surface area (Å²) in [5, 5.41) is 2.87. The zero-order valence-electron chi connectivity index (χ0n) is 15.8. The van der Waals surface area contributed by atoms with Crippen LogP contribution in [0.5, 0.6) is 0 Å². The van der Waals surface area contributed by atoms with E-state index in [0.29, 0.717) is 44.0 Å². The highest BCUT2D eigenvalue weighted by atomic mass is 16.3. The lowest BCUT2D eigenvalue weighted by molar-refractivity contribution is 0.0714. The fraction of sp³-hybridized carbons (Fsp3) is 0.238. The Morgan fingerprint density at radius 3 is 2.48 bits per heavy atom. The Labute approximate surface area is 168 Å². The summed E-state index contributed by atoms with van der Waals surface area (Å²) >= 11 is 0. The summed E-state index contributed by atoms with van der Waals surface area (Å²) in [5.74, 6) is 0.887. The molecule has 0 saturated carbocycles. The van der Waals surface area contributed by atoms with Gasteiger partial charge in [-0.15, -0.1) is 0 Å². The second-order valence-electron chi connectivity index (χ2n) is 6.70. The largest absolute Gasteiger partial charge is 0.459 e. The number of aromatic nitrogens is 2. The number of rotatable bonds is 5. The quantitative estimate of drug-likeness (QED) is 0.715. The maximum atomic E-state index is 12.3. The Kier molecular flexibility index (Phi) is 5.51. The van der Waals surface area contributed by atoms with Gasteiger partial charge in [0, 0.05) is 51.3 Å². The molecule has 1 N–H and O–H groups in total. The molecule has 29 heavy (non-hydrogen) atoms. The first-order valence-electron chi connectivity index (χ1n) is 9.41. The molecule has 1 aliphatic rings. The fourth-order valence-corrected chi connectivity index (χ4v) is 3.19. The standard InChI is InChI=1S/C21H21N5O3/c27-20(24-14-16-5-7-22-8-6-16)17-3-4-19(23-15-17)25-9-11-26(12-10-25)21(28)18-2-1-13-29-18/h1-8,13,15H,9-12,14H2,(H,24,27). The molecule has 8 heteroatoms. The summed E-state index contributed by atoms with van der Waals surface area (Å²) in [6.45, 7) is 2.97. The molecule has 3 aromatic heterocycles. The van der Waals surface area contributed by atoms with Crippen LogP contribution < -0.4 is 10.2 Å². The number of carbonyl (C=O) groups excluding carboxylic acids is 2. The van der Waals surface area contributed by atoms with Crippen LogP contribution in [0.1, 0.15) is 26.5 Å². The van der Waals surface area contributed by atoms with Gasteiger partial charge in [-0.3, -0.25) is 14.6 Å². The molecule has 4 heterocycles. The average Bonchev–Trinajstić information content (AvgIpc) is 3.33. The van der Waals surface area contributed by atoms with E-state index >= 15 is 0 Å². The van der Waals surface area contributed by atoms with E-state index in [1.165, 1.54) is 6.26 Å². The van der Waals surface area contributed by atoms with Gasteiger partial charge in [-0.1, -0.05) is 0 Å². The molecule has 1 aliphatic heterocycles. The Bertz CT molecular complexity index is 950. The summed E-state index contributed by atoms with van der Waals surface area (Å²) in [6, 6.07) is 10.7. The van der Waals surface area contributed by atoms with Gasteiger partial charge in [0.05, 0.1) is 11.8 Å². The highest BCUT2D eigenvalue weighted by Crippen LogP contribution is 2.16. The smallest absolute Gasteiger partial charge is 0.289 e. The molecule has 4 rings (SSSR count). The zero-order chi connectivity index (χ0) is 20.1. The summed E-state index contributed by atoms with van der Waals surface area (Å²) in [4.78, 5) is 36.9. The lowest BCUT2D eigenvalue weighted by atomic mass is 10.2. The first-order valence-corrected chi connectivity index (χ1v) is 9.41. The highest BCUT2D eigenvalue weighted by molar-refractivity contribution is 5.94. The molecule has 0 atom stereocenters. The van der Waals surface area contributed by atoms with E-state index in [9.17, 15) is 9.59 Å². The van der Waals surface area contributed by atoms with E-state index in [4.69, 9.17) is 4.42 Å². The third-order valence-corrected chi connectivity index (χ3v) is 4.84. The Morgan fingerprint density at radius 2 is 1.83 bits per heavy atom. The van der Waals surface area contributed by atoms with Crippen LogP contribution in [0.4, 0.5) is 5.82 Å². The first-order chi connectivity index (χ1) is 14.2. The summed E-state index contributed by atoms with van der Waals surface area (Å²) in [6.07, 6.45) is 6.47. The van der Waals surface area contributed by atoms with Crippen LogP contribution in [0, 0.1) is 0 Å². The van der Waals surface area contributed by atoms with Gasteiger partial charge in [-0.25, -0.2) is 4.98 Å². The number of amides is 2. The van der Waals surface area contributed by atoms with Crippen molar-refractivity contribution in [3.8, 4) is 0 Å². The van der Waals surface area contributed by atoms with Crippen molar-refractivity contribution in [2.45, 2.75) is 6.54 Å². The van der Waals surface area contributed by atoms with Crippen molar-refractivity contribution >= 4 is 17.6 Å². The fourth-order valence-electron chi connectivity index (χ4n) is 3.19. The van der Waals surface area contributed by atoms with Crippen molar-refractivity contribution < 1.29 is 14.0 Å². The molecule has 1 fully saturated rings. The minimum atomic E-state index is -0.172. The van der Waals surface area contributed by atoms with Gasteiger partial charge >= 0.3 is 0 Å². The van der Waals surface area contributed by atoms with Gasteiger partial charge in [0.15, 0.2) is 5.76 Å². The predicted molar refractivity (Wildman–Crippen MR) is 106 cm³/mol. The zero-order valence-corrected chi connectivity index (χ0v) is 15.8. The SMILES string of the molecule is O=C(NCc1ccncc1)c1ccc(N2CCN(C(=O)c3ccco3)CC2)nc1. The van der Waals surface area contributed by atoms with E-state index in [0.717, 1.165) is 11.4 Å². The Hall–Kier alpha value is -3.68. The van der Waals surface area contributed by atoms with Gasteiger partial charge in [-0.2, -0.15) is 0 Å². The van der Waals surface area contributed by atoms with Gasteiger partial charge in [0.2, 0.25) is 0 Å². The monoisotopic (exact) mass is 391 g/mol. The molecule has 8 nitrogen and oxygen atoms in total. The third-order valence-electron chi connectivity index (χ3n) is 4.84. The molecule has 0 aromatic carbocycles. The van der Waals surface area contributed by atoms with Crippen LogP contribution in [0.25, 0.3) is 0 Å². The minimum absolute atomic E-state index is 0.0937. The van der Waals surface area contributed by atoms with Crippen LogP contribution in [-0.2, 0) is 6.54 Å². The Morgan fingerprint density at radius 1 is 1.03 bits per heavy atom. The van der Waals surface area contributed by atoms with Crippen LogP contribution in [0.3, 0.4) is 0 Å². The number of hydrogen-bond donors (Lipinski definition) is 1. The van der Waals surface area contributed by atoms with Gasteiger partial charge < -0.3 is 19.5 Å². The van der Waals surface area contributed by atoms with Gasteiger partial charge in [-0.05, 0) is 42.0 Å². The number of hydrogen-bond acceptors (Lipinski definition) is 6. The average molecular weight is 391 g/mol. The van der Waals surface area contributed by atoms with E-state index in [2.05, 4.69) is 20.2 Å². The van der Waals surface area contributed by atoms with Crippen molar-refractivity contribution in [3.63, 3.8) is 0 Å².